The van der Waals surface area contributed by atoms with Crippen molar-refractivity contribution in [1.29, 1.82) is 0 Å². The lowest BCUT2D eigenvalue weighted by atomic mass is 10.1. The summed E-state index contributed by atoms with van der Waals surface area (Å²) in [5, 5.41) is 2.93. The molecule has 0 spiro atoms. The first-order chi connectivity index (χ1) is 19.7. The van der Waals surface area contributed by atoms with E-state index in [0.717, 1.165) is 21.0 Å². The summed E-state index contributed by atoms with van der Waals surface area (Å²) in [5.74, 6) is -0.172. The number of methoxy groups -OCH3 is 2. The number of amides is 2. The minimum atomic E-state index is -4.21. The molecule has 0 heterocycles. The first-order valence-corrected chi connectivity index (χ1v) is 15.1. The van der Waals surface area contributed by atoms with Crippen LogP contribution >= 0.6 is 0 Å². The van der Waals surface area contributed by atoms with E-state index in [0.29, 0.717) is 11.5 Å². The van der Waals surface area contributed by atoms with Gasteiger partial charge in [0.05, 0.1) is 24.8 Å². The van der Waals surface area contributed by atoms with Crippen molar-refractivity contribution in [2.75, 3.05) is 25.1 Å². The fourth-order valence-corrected chi connectivity index (χ4v) is 5.70. The van der Waals surface area contributed by atoms with Gasteiger partial charge in [0.15, 0.2) is 11.5 Å². The minimum Gasteiger partial charge on any atom is -0.493 e. The molecule has 1 N–H and O–H groups in total. The molecule has 0 aliphatic heterocycles. The smallest absolute Gasteiger partial charge is 0.264 e. The number of nitrogens with zero attached hydrogens (tertiary/aromatic N) is 2. The SMILES string of the molecule is COc1ccc(N(CC(=O)N(Cc2ccc(C)cc2)[C@@H](C)C(=O)NC(C)(C)C)S(=O)(=O)c2ccc(C)cc2)cc1OC. The summed E-state index contributed by atoms with van der Waals surface area (Å²) >= 11 is 0. The Bertz CT molecular complexity index is 1500. The highest BCUT2D eigenvalue weighted by atomic mass is 32.2. The molecule has 0 unspecified atom stereocenters. The summed E-state index contributed by atoms with van der Waals surface area (Å²) in [6, 6.07) is 17.8. The normalized spacial score (nSPS) is 12.3. The predicted molar refractivity (Wildman–Crippen MR) is 164 cm³/mol. The number of carbonyl (C=O) groups is 2. The van der Waals surface area contributed by atoms with Gasteiger partial charge >= 0.3 is 0 Å². The highest BCUT2D eigenvalue weighted by Gasteiger charge is 2.33. The summed E-state index contributed by atoms with van der Waals surface area (Å²) in [7, 11) is -1.28. The van der Waals surface area contributed by atoms with Crippen LogP contribution in [0.25, 0.3) is 0 Å². The summed E-state index contributed by atoms with van der Waals surface area (Å²) in [6.07, 6.45) is 0. The number of carbonyl (C=O) groups excluding carboxylic acids is 2. The van der Waals surface area contributed by atoms with Crippen LogP contribution in [0.15, 0.2) is 71.6 Å². The van der Waals surface area contributed by atoms with Gasteiger partial charge in [0.25, 0.3) is 10.0 Å². The second-order valence-corrected chi connectivity index (χ2v) is 13.1. The summed E-state index contributed by atoms with van der Waals surface area (Å²) in [6.45, 7) is 10.6. The van der Waals surface area contributed by atoms with E-state index in [9.17, 15) is 18.0 Å². The molecule has 0 radical (unpaired) electrons. The number of hydrogen-bond donors (Lipinski definition) is 1. The number of rotatable bonds is 11. The van der Waals surface area contributed by atoms with E-state index in [1.54, 1.807) is 31.2 Å². The lowest BCUT2D eigenvalue weighted by Gasteiger charge is -2.33. The standard InChI is InChI=1S/C32H41N3O6S/c1-22-9-13-25(14-10-22)20-34(24(3)31(37)33-32(4,5)6)30(36)21-35(26-15-18-28(40-7)29(19-26)41-8)42(38,39)27-16-11-23(2)12-17-27/h9-19,24H,20-21H2,1-8H3,(H,33,37)/t24-/m0/s1. The van der Waals surface area contributed by atoms with E-state index in [4.69, 9.17) is 9.47 Å². The third-order valence-corrected chi connectivity index (χ3v) is 8.47. The Hall–Kier alpha value is -4.05. The van der Waals surface area contributed by atoms with Gasteiger partial charge in [0.2, 0.25) is 11.8 Å². The van der Waals surface area contributed by atoms with Gasteiger partial charge in [-0.05, 0) is 71.4 Å². The molecular formula is C32H41N3O6S. The average Bonchev–Trinajstić information content (AvgIpc) is 2.94. The van der Waals surface area contributed by atoms with Crippen LogP contribution in [-0.4, -0.2) is 57.5 Å². The quantitative estimate of drug-likeness (QED) is 0.340. The van der Waals surface area contributed by atoms with Crippen LogP contribution in [0, 0.1) is 13.8 Å². The molecule has 2 amide bonds. The molecule has 3 rings (SSSR count). The zero-order chi connectivity index (χ0) is 31.2. The van der Waals surface area contributed by atoms with Crippen molar-refractivity contribution in [2.45, 2.75) is 64.6 Å². The van der Waals surface area contributed by atoms with E-state index < -0.39 is 34.1 Å². The number of hydrogen-bond acceptors (Lipinski definition) is 6. The number of ether oxygens (including phenoxy) is 2. The Morgan fingerprint density at radius 1 is 0.857 bits per heavy atom. The molecule has 226 valence electrons. The van der Waals surface area contributed by atoms with Crippen molar-refractivity contribution in [1.82, 2.24) is 10.2 Å². The molecule has 0 aliphatic carbocycles. The number of sulfonamides is 1. The maximum Gasteiger partial charge on any atom is 0.264 e. The average molecular weight is 596 g/mol. The van der Waals surface area contributed by atoms with E-state index in [1.165, 1.54) is 37.3 Å². The Morgan fingerprint density at radius 3 is 1.93 bits per heavy atom. The van der Waals surface area contributed by atoms with Gasteiger partial charge in [-0.3, -0.25) is 13.9 Å². The molecule has 10 heteroatoms. The first-order valence-electron chi connectivity index (χ1n) is 13.6. The summed E-state index contributed by atoms with van der Waals surface area (Å²) in [5.41, 5.74) is 2.45. The van der Waals surface area contributed by atoms with Gasteiger partial charge in [-0.25, -0.2) is 8.42 Å². The molecule has 0 fully saturated rings. The van der Waals surface area contributed by atoms with Crippen LogP contribution in [0.2, 0.25) is 0 Å². The van der Waals surface area contributed by atoms with E-state index >= 15 is 0 Å². The maximum absolute atomic E-state index is 14.1. The molecule has 9 nitrogen and oxygen atoms in total. The molecule has 0 saturated heterocycles. The Kier molecular flexibility index (Phi) is 10.3. The topological polar surface area (TPSA) is 105 Å². The van der Waals surface area contributed by atoms with Crippen LogP contribution in [0.3, 0.4) is 0 Å². The third kappa shape index (κ3) is 8.03. The molecule has 0 bridgehead atoms. The highest BCUT2D eigenvalue weighted by molar-refractivity contribution is 7.92. The van der Waals surface area contributed by atoms with Crippen molar-refractivity contribution < 1.29 is 27.5 Å². The van der Waals surface area contributed by atoms with Gasteiger partial charge in [0.1, 0.15) is 12.6 Å². The zero-order valence-corrected chi connectivity index (χ0v) is 26.4. The molecule has 42 heavy (non-hydrogen) atoms. The Labute approximate surface area is 249 Å². The van der Waals surface area contributed by atoms with Gasteiger partial charge in [-0.15, -0.1) is 0 Å². The highest BCUT2D eigenvalue weighted by Crippen LogP contribution is 2.34. The molecule has 3 aromatic carbocycles. The van der Waals surface area contributed by atoms with Crippen molar-refractivity contribution in [2.24, 2.45) is 0 Å². The van der Waals surface area contributed by atoms with Gasteiger partial charge in [-0.1, -0.05) is 47.5 Å². The fraction of sp³-hybridized carbons (Fsp3) is 0.375. The lowest BCUT2D eigenvalue weighted by Crippen LogP contribution is -2.54. The fourth-order valence-electron chi connectivity index (χ4n) is 4.29. The number of benzene rings is 3. The van der Waals surface area contributed by atoms with Gasteiger partial charge in [-0.2, -0.15) is 0 Å². The molecular weight excluding hydrogens is 554 g/mol. The van der Waals surface area contributed by atoms with Gasteiger partial charge in [0, 0.05) is 18.2 Å². The van der Waals surface area contributed by atoms with E-state index in [2.05, 4.69) is 5.32 Å². The molecule has 0 saturated carbocycles. The van der Waals surface area contributed by atoms with Gasteiger partial charge < -0.3 is 19.7 Å². The second kappa shape index (κ2) is 13.3. The molecule has 0 aliphatic rings. The van der Waals surface area contributed by atoms with Crippen molar-refractivity contribution in [3.63, 3.8) is 0 Å². The van der Waals surface area contributed by atoms with Crippen LogP contribution in [0.4, 0.5) is 5.69 Å². The largest absolute Gasteiger partial charge is 0.493 e. The zero-order valence-electron chi connectivity index (χ0n) is 25.6. The third-order valence-electron chi connectivity index (χ3n) is 6.68. The number of aryl methyl sites for hydroxylation is 2. The van der Waals surface area contributed by atoms with Crippen LogP contribution < -0.4 is 19.1 Å². The van der Waals surface area contributed by atoms with Crippen LogP contribution in [-0.2, 0) is 26.2 Å². The summed E-state index contributed by atoms with van der Waals surface area (Å²) < 4.78 is 39.9. The molecule has 0 aromatic heterocycles. The maximum atomic E-state index is 14.1. The number of anilines is 1. The van der Waals surface area contributed by atoms with Crippen molar-refractivity contribution in [3.05, 3.63) is 83.4 Å². The van der Waals surface area contributed by atoms with Crippen LogP contribution in [0.5, 0.6) is 11.5 Å². The molecule has 3 aromatic rings. The first kappa shape index (κ1) is 32.5. The molecule has 1 atom stereocenters. The summed E-state index contributed by atoms with van der Waals surface area (Å²) in [4.78, 5) is 28.8. The predicted octanol–water partition coefficient (Wildman–Crippen LogP) is 4.85. The van der Waals surface area contributed by atoms with Crippen molar-refractivity contribution in [3.8, 4) is 11.5 Å². The van der Waals surface area contributed by atoms with E-state index in [1.807, 2.05) is 58.9 Å². The lowest BCUT2D eigenvalue weighted by molar-refractivity contribution is -0.140. The monoisotopic (exact) mass is 595 g/mol. The second-order valence-electron chi connectivity index (χ2n) is 11.3. The van der Waals surface area contributed by atoms with Crippen LogP contribution in [0.1, 0.15) is 44.4 Å². The number of nitrogens with one attached hydrogen (secondary N) is 1. The van der Waals surface area contributed by atoms with E-state index in [-0.39, 0.29) is 23.0 Å². The van der Waals surface area contributed by atoms with Crippen molar-refractivity contribution >= 4 is 27.5 Å². The Balaban J connectivity index is 2.09. The minimum absolute atomic E-state index is 0.0271. The Morgan fingerprint density at radius 2 is 1.40 bits per heavy atom.